The summed E-state index contributed by atoms with van der Waals surface area (Å²) >= 11 is 4.92. The van der Waals surface area contributed by atoms with Gasteiger partial charge in [-0.3, -0.25) is 4.79 Å². The normalized spacial score (nSPS) is 11.9. The molecule has 0 atom stereocenters. The van der Waals surface area contributed by atoms with E-state index in [1.54, 1.807) is 0 Å². The first-order valence-corrected chi connectivity index (χ1v) is 4.17. The number of rotatable bonds is 2. The second kappa shape index (κ2) is 4.32. The predicted octanol–water partition coefficient (Wildman–Crippen LogP) is 3.42. The van der Waals surface area contributed by atoms with Crippen LogP contribution in [-0.4, -0.2) is 10.2 Å². The van der Waals surface area contributed by atoms with Gasteiger partial charge in [-0.1, -0.05) is 0 Å². The van der Waals surface area contributed by atoms with E-state index in [1.165, 1.54) is 0 Å². The summed E-state index contributed by atoms with van der Waals surface area (Å²) in [4.78, 5) is 13.3. The Balaban J connectivity index is 3.36. The molecule has 0 N–H and O–H groups in total. The van der Waals surface area contributed by atoms with Crippen molar-refractivity contribution in [2.24, 2.45) is 0 Å². The molecule has 0 aliphatic carbocycles. The van der Waals surface area contributed by atoms with E-state index in [1.807, 2.05) is 0 Å². The summed E-state index contributed by atoms with van der Waals surface area (Å²) in [6.45, 7) is 0. The van der Waals surface area contributed by atoms with Crippen molar-refractivity contribution in [1.29, 1.82) is 0 Å². The Morgan fingerprint density at radius 3 is 2.25 bits per heavy atom. The van der Waals surface area contributed by atoms with Gasteiger partial charge in [-0.25, -0.2) is 13.8 Å². The Morgan fingerprint density at radius 2 is 1.88 bits per heavy atom. The third-order valence-electron chi connectivity index (χ3n) is 1.59. The average molecular weight is 260 g/mol. The molecule has 88 valence electrons. The quantitative estimate of drug-likeness (QED) is 0.602. The number of aromatic nitrogens is 1. The lowest BCUT2D eigenvalue weighted by Gasteiger charge is -2.08. The van der Waals surface area contributed by atoms with Crippen LogP contribution in [0.2, 0.25) is 0 Å². The minimum atomic E-state index is -4.91. The van der Waals surface area contributed by atoms with Crippen LogP contribution in [0.25, 0.3) is 0 Å². The van der Waals surface area contributed by atoms with Crippen LogP contribution in [0.1, 0.15) is 28.2 Å². The van der Waals surface area contributed by atoms with Crippen molar-refractivity contribution in [3.8, 4) is 0 Å². The molecule has 0 saturated heterocycles. The van der Waals surface area contributed by atoms with Gasteiger partial charge in [-0.05, 0) is 23.7 Å². The fourth-order valence-electron chi connectivity index (χ4n) is 0.922. The van der Waals surface area contributed by atoms with E-state index >= 15 is 0 Å². The van der Waals surface area contributed by atoms with E-state index in [0.717, 1.165) is 0 Å². The van der Waals surface area contributed by atoms with Crippen molar-refractivity contribution in [1.82, 2.24) is 4.98 Å². The van der Waals surface area contributed by atoms with Crippen LogP contribution in [-0.2, 0) is 6.18 Å². The van der Waals surface area contributed by atoms with Gasteiger partial charge in [0.1, 0.15) is 11.4 Å². The van der Waals surface area contributed by atoms with Gasteiger partial charge in [0.05, 0.1) is 0 Å². The van der Waals surface area contributed by atoms with Crippen LogP contribution in [0.4, 0.5) is 22.0 Å². The van der Waals surface area contributed by atoms with Gasteiger partial charge in [0.15, 0.2) is 0 Å². The van der Waals surface area contributed by atoms with Crippen molar-refractivity contribution in [3.63, 3.8) is 0 Å². The Morgan fingerprint density at radius 1 is 1.31 bits per heavy atom. The zero-order valence-corrected chi connectivity index (χ0v) is 8.11. The van der Waals surface area contributed by atoms with Gasteiger partial charge < -0.3 is 0 Å². The van der Waals surface area contributed by atoms with Crippen LogP contribution in [0.3, 0.4) is 0 Å². The maximum atomic E-state index is 12.2. The first-order chi connectivity index (χ1) is 7.21. The highest BCUT2D eigenvalue weighted by Gasteiger charge is 2.34. The maximum absolute atomic E-state index is 12.2. The molecule has 0 unspecified atom stereocenters. The van der Waals surface area contributed by atoms with E-state index in [9.17, 15) is 26.7 Å². The molecule has 0 spiro atoms. The summed E-state index contributed by atoms with van der Waals surface area (Å²) in [5.74, 6) is 0. The van der Waals surface area contributed by atoms with Gasteiger partial charge in [0, 0.05) is 5.56 Å². The molecule has 0 radical (unpaired) electrons. The summed E-state index contributed by atoms with van der Waals surface area (Å²) < 4.78 is 61.0. The van der Waals surface area contributed by atoms with Gasteiger partial charge >= 0.3 is 6.18 Å². The highest BCUT2D eigenvalue weighted by molar-refractivity contribution is 6.67. The zero-order chi connectivity index (χ0) is 12.5. The third kappa shape index (κ3) is 2.88. The molecular weight excluding hydrogens is 257 g/mol. The molecule has 1 rings (SSSR count). The molecule has 2 nitrogen and oxygen atoms in total. The van der Waals surface area contributed by atoms with Crippen LogP contribution < -0.4 is 0 Å². The van der Waals surface area contributed by atoms with Crippen LogP contribution in [0.15, 0.2) is 12.1 Å². The second-order valence-corrected chi connectivity index (χ2v) is 3.08. The molecule has 0 fully saturated rings. The molecule has 0 amide bonds. The van der Waals surface area contributed by atoms with Gasteiger partial charge in [-0.15, -0.1) is 0 Å². The van der Waals surface area contributed by atoms with Crippen molar-refractivity contribution in [3.05, 3.63) is 29.1 Å². The number of halogens is 6. The number of alkyl halides is 5. The Kier molecular flexibility index (Phi) is 3.47. The molecule has 1 aromatic heterocycles. The molecule has 8 heteroatoms. The van der Waals surface area contributed by atoms with Crippen molar-refractivity contribution >= 4 is 16.8 Å². The number of pyridine rings is 1. The van der Waals surface area contributed by atoms with E-state index in [4.69, 9.17) is 11.6 Å². The topological polar surface area (TPSA) is 30.0 Å². The molecule has 16 heavy (non-hydrogen) atoms. The minimum Gasteiger partial charge on any atom is -0.276 e. The molecular formula is C8H3ClF5NO. The van der Waals surface area contributed by atoms with E-state index < -0.39 is 34.8 Å². The fraction of sp³-hybridized carbons (Fsp3) is 0.250. The van der Waals surface area contributed by atoms with Crippen LogP contribution in [0.5, 0.6) is 0 Å². The first-order valence-electron chi connectivity index (χ1n) is 3.79. The molecule has 0 saturated carbocycles. The number of hydrogen-bond donors (Lipinski definition) is 0. The predicted molar refractivity (Wildman–Crippen MR) is 44.4 cm³/mol. The van der Waals surface area contributed by atoms with E-state index in [-0.39, 0.29) is 0 Å². The highest BCUT2D eigenvalue weighted by atomic mass is 35.5. The number of hydrogen-bond acceptors (Lipinski definition) is 2. The van der Waals surface area contributed by atoms with Gasteiger partial charge in [0.2, 0.25) is 0 Å². The van der Waals surface area contributed by atoms with Crippen molar-refractivity contribution < 1.29 is 26.7 Å². The standard InChI is InChI=1S/C8H3ClF5NO/c9-6(16)3-1-4(7(10)11)15-5(2-3)8(12,13)14/h1-2,7H. The summed E-state index contributed by atoms with van der Waals surface area (Å²) in [5.41, 5.74) is -3.38. The molecule has 0 aliphatic rings. The largest absolute Gasteiger partial charge is 0.433 e. The molecule has 1 heterocycles. The Bertz CT molecular complexity index is 417. The smallest absolute Gasteiger partial charge is 0.276 e. The molecule has 0 aliphatic heterocycles. The summed E-state index contributed by atoms with van der Waals surface area (Å²) in [6, 6.07) is 0.844. The van der Waals surface area contributed by atoms with Crippen LogP contribution in [0, 0.1) is 0 Å². The lowest BCUT2D eigenvalue weighted by atomic mass is 10.2. The monoisotopic (exact) mass is 259 g/mol. The molecule has 1 aromatic rings. The maximum Gasteiger partial charge on any atom is 0.433 e. The number of carbonyl (C=O) groups excluding carboxylic acids is 1. The lowest BCUT2D eigenvalue weighted by molar-refractivity contribution is -0.141. The Labute approximate surface area is 91.0 Å². The zero-order valence-electron chi connectivity index (χ0n) is 7.36. The molecule has 0 bridgehead atoms. The van der Waals surface area contributed by atoms with Gasteiger partial charge in [-0.2, -0.15) is 13.2 Å². The number of carbonyl (C=O) groups is 1. The second-order valence-electron chi connectivity index (χ2n) is 2.74. The summed E-state index contributed by atoms with van der Waals surface area (Å²) in [6.07, 6.45) is -8.12. The summed E-state index contributed by atoms with van der Waals surface area (Å²) in [5, 5.41) is -1.25. The first kappa shape index (κ1) is 12.8. The average Bonchev–Trinajstić information content (AvgIpc) is 2.15. The van der Waals surface area contributed by atoms with Crippen LogP contribution >= 0.6 is 11.6 Å². The lowest BCUT2D eigenvalue weighted by Crippen LogP contribution is -2.11. The highest BCUT2D eigenvalue weighted by Crippen LogP contribution is 2.30. The minimum absolute atomic E-state index is 0.321. The third-order valence-corrected chi connectivity index (χ3v) is 1.80. The van der Waals surface area contributed by atoms with Crippen molar-refractivity contribution in [2.45, 2.75) is 12.6 Å². The fourth-order valence-corrected chi connectivity index (χ4v) is 1.03. The van der Waals surface area contributed by atoms with E-state index in [2.05, 4.69) is 4.98 Å². The summed E-state index contributed by atoms with van der Waals surface area (Å²) in [7, 11) is 0. The number of nitrogens with zero attached hydrogens (tertiary/aromatic N) is 1. The van der Waals surface area contributed by atoms with Gasteiger partial charge in [0.25, 0.3) is 11.7 Å². The van der Waals surface area contributed by atoms with E-state index in [0.29, 0.717) is 12.1 Å². The van der Waals surface area contributed by atoms with Crippen molar-refractivity contribution in [2.75, 3.05) is 0 Å². The Hall–Kier alpha value is -1.24. The SMILES string of the molecule is O=C(Cl)c1cc(C(F)F)nc(C(F)(F)F)c1. The molecule has 0 aromatic carbocycles.